The van der Waals surface area contributed by atoms with Crippen LogP contribution in [0.5, 0.6) is 0 Å². The first-order valence-corrected chi connectivity index (χ1v) is 15.6. The van der Waals surface area contributed by atoms with Gasteiger partial charge in [-0.2, -0.15) is 5.10 Å². The zero-order valence-corrected chi connectivity index (χ0v) is 26.2. The van der Waals surface area contributed by atoms with Crippen LogP contribution in [0, 0.1) is 0 Å². The second-order valence-corrected chi connectivity index (χ2v) is 11.3. The number of nitrogens with two attached hydrogens (primary N) is 2. The van der Waals surface area contributed by atoms with Crippen LogP contribution in [0.15, 0.2) is 87.1 Å². The Hall–Kier alpha value is -4.85. The van der Waals surface area contributed by atoms with E-state index in [2.05, 4.69) is 53.2 Å². The molecule has 0 spiro atoms. The highest BCUT2D eigenvalue weighted by molar-refractivity contribution is 6.38. The van der Waals surface area contributed by atoms with Crippen LogP contribution in [0.3, 0.4) is 0 Å². The van der Waals surface area contributed by atoms with Crippen molar-refractivity contribution in [2.75, 3.05) is 56.4 Å². The summed E-state index contributed by atoms with van der Waals surface area (Å²) < 4.78 is 0. The van der Waals surface area contributed by atoms with Crippen LogP contribution >= 0.6 is 11.6 Å². The van der Waals surface area contributed by atoms with Crippen molar-refractivity contribution in [1.29, 1.82) is 0 Å². The number of hydrazone groups is 1. The van der Waals surface area contributed by atoms with Gasteiger partial charge >= 0.3 is 0 Å². The van der Waals surface area contributed by atoms with Crippen molar-refractivity contribution < 1.29 is 9.59 Å². The van der Waals surface area contributed by atoms with E-state index in [4.69, 9.17) is 28.2 Å². The molecule has 0 radical (unpaired) electrons. The zero-order valence-electron chi connectivity index (χ0n) is 25.5. The Kier molecular flexibility index (Phi) is 11.3. The molecule has 14 heteroatoms. The first kappa shape index (κ1) is 32.5. The number of carbonyl (C=O) groups excluding carboxylic acids is 2. The topological polar surface area (TPSA) is 178 Å². The SMILES string of the molecule is NCCCC(=O)Nc1ccc(N=NC(=NN)C(=O)NCCCN2CCN(C3=Nc4cc(Cl)ccc4Nc4ccccc43)CC2)cc1. The van der Waals surface area contributed by atoms with Gasteiger partial charge in [-0.3, -0.25) is 14.5 Å². The number of piperazine rings is 1. The van der Waals surface area contributed by atoms with E-state index in [1.807, 2.05) is 30.3 Å². The highest BCUT2D eigenvalue weighted by atomic mass is 35.5. The number of aliphatic imine (C=N–C) groups is 1. The zero-order chi connectivity index (χ0) is 32.3. The fraction of sp³-hybridized carbons (Fsp3) is 0.312. The number of hydrogen-bond acceptors (Lipinski definition) is 10. The van der Waals surface area contributed by atoms with E-state index in [1.54, 1.807) is 24.3 Å². The summed E-state index contributed by atoms with van der Waals surface area (Å²) in [4.78, 5) is 34.2. The van der Waals surface area contributed by atoms with E-state index in [1.165, 1.54) is 0 Å². The Morgan fingerprint density at radius 1 is 0.978 bits per heavy atom. The number of halogens is 1. The quantitative estimate of drug-likeness (QED) is 0.0575. The van der Waals surface area contributed by atoms with Gasteiger partial charge in [-0.15, -0.1) is 10.2 Å². The van der Waals surface area contributed by atoms with Gasteiger partial charge in [-0.1, -0.05) is 23.7 Å². The van der Waals surface area contributed by atoms with E-state index in [9.17, 15) is 9.59 Å². The van der Waals surface area contributed by atoms with Gasteiger partial charge < -0.3 is 32.4 Å². The summed E-state index contributed by atoms with van der Waals surface area (Å²) in [5.74, 6) is 5.50. The van der Waals surface area contributed by atoms with E-state index >= 15 is 0 Å². The molecule has 2 aliphatic rings. The maximum atomic E-state index is 12.6. The summed E-state index contributed by atoms with van der Waals surface area (Å²) in [5.41, 5.74) is 10.4. The first-order valence-electron chi connectivity index (χ1n) is 15.2. The molecular weight excluding hydrogens is 606 g/mol. The minimum absolute atomic E-state index is 0.109. The third kappa shape index (κ3) is 8.65. The number of amidine groups is 2. The first-order chi connectivity index (χ1) is 22.4. The molecule has 2 heterocycles. The summed E-state index contributed by atoms with van der Waals surface area (Å²) in [6.45, 7) is 5.10. The molecule has 0 atom stereocenters. The molecule has 7 N–H and O–H groups in total. The van der Waals surface area contributed by atoms with Crippen LogP contribution in [0.25, 0.3) is 0 Å². The Balaban J connectivity index is 1.07. The Labute approximate surface area is 272 Å². The Morgan fingerprint density at radius 2 is 1.76 bits per heavy atom. The maximum Gasteiger partial charge on any atom is 0.292 e. The molecule has 1 saturated heterocycles. The van der Waals surface area contributed by atoms with Gasteiger partial charge in [0, 0.05) is 61.1 Å². The number of amides is 2. The largest absolute Gasteiger partial charge is 0.353 e. The minimum Gasteiger partial charge on any atom is -0.353 e. The van der Waals surface area contributed by atoms with Crippen molar-refractivity contribution in [2.45, 2.75) is 19.3 Å². The Morgan fingerprint density at radius 3 is 2.52 bits per heavy atom. The average molecular weight is 644 g/mol. The van der Waals surface area contributed by atoms with Gasteiger partial charge in [0.15, 0.2) is 0 Å². The average Bonchev–Trinajstić information content (AvgIpc) is 3.23. The number of benzene rings is 3. The number of para-hydroxylation sites is 1. The highest BCUT2D eigenvalue weighted by Gasteiger charge is 2.25. The Bertz CT molecular complexity index is 1620. The summed E-state index contributed by atoms with van der Waals surface area (Å²) >= 11 is 6.29. The summed E-state index contributed by atoms with van der Waals surface area (Å²) in [7, 11) is 0. The molecule has 0 aliphatic carbocycles. The van der Waals surface area contributed by atoms with Gasteiger partial charge in [0.1, 0.15) is 5.84 Å². The monoisotopic (exact) mass is 643 g/mol. The fourth-order valence-corrected chi connectivity index (χ4v) is 5.32. The second kappa shape index (κ2) is 15.9. The lowest BCUT2D eigenvalue weighted by atomic mass is 10.1. The molecule has 3 aromatic carbocycles. The number of carbonyl (C=O) groups is 2. The van der Waals surface area contributed by atoms with Crippen LogP contribution in [-0.2, 0) is 9.59 Å². The predicted molar refractivity (Wildman–Crippen MR) is 183 cm³/mol. The van der Waals surface area contributed by atoms with Crippen molar-refractivity contribution in [2.24, 2.45) is 31.9 Å². The van der Waals surface area contributed by atoms with Gasteiger partial charge in [0.25, 0.3) is 11.7 Å². The van der Waals surface area contributed by atoms with Crippen LogP contribution in [-0.4, -0.2) is 79.1 Å². The minimum atomic E-state index is -0.501. The van der Waals surface area contributed by atoms with Crippen LogP contribution in [0.1, 0.15) is 24.8 Å². The smallest absolute Gasteiger partial charge is 0.292 e. The lowest BCUT2D eigenvalue weighted by molar-refractivity contribution is -0.116. The molecule has 1 fully saturated rings. The third-order valence-corrected chi connectivity index (χ3v) is 7.81. The highest BCUT2D eigenvalue weighted by Crippen LogP contribution is 2.36. The van der Waals surface area contributed by atoms with E-state index < -0.39 is 5.91 Å². The van der Waals surface area contributed by atoms with Crippen molar-refractivity contribution >= 4 is 63.5 Å². The van der Waals surface area contributed by atoms with Gasteiger partial charge in [0.05, 0.1) is 17.1 Å². The van der Waals surface area contributed by atoms with E-state index in [-0.39, 0.29) is 11.7 Å². The van der Waals surface area contributed by atoms with Gasteiger partial charge in [-0.05, 0) is 80.5 Å². The molecule has 3 aromatic rings. The van der Waals surface area contributed by atoms with Crippen molar-refractivity contribution in [3.8, 4) is 0 Å². The molecule has 0 aromatic heterocycles. The maximum absolute atomic E-state index is 12.6. The van der Waals surface area contributed by atoms with Crippen LogP contribution in [0.4, 0.5) is 28.4 Å². The molecule has 0 bridgehead atoms. The lowest BCUT2D eigenvalue weighted by Gasteiger charge is -2.36. The number of nitrogens with zero attached hydrogens (tertiary/aromatic N) is 6. The van der Waals surface area contributed by atoms with Crippen LogP contribution < -0.4 is 27.5 Å². The summed E-state index contributed by atoms with van der Waals surface area (Å²) in [6.07, 6.45) is 1.73. The van der Waals surface area contributed by atoms with Crippen molar-refractivity contribution in [3.05, 3.63) is 77.3 Å². The molecule has 5 rings (SSSR count). The van der Waals surface area contributed by atoms with E-state index in [0.717, 1.165) is 67.6 Å². The second-order valence-electron chi connectivity index (χ2n) is 10.8. The lowest BCUT2D eigenvalue weighted by Crippen LogP contribution is -2.49. The molecule has 13 nitrogen and oxygen atoms in total. The molecular formula is C32H38ClN11O2. The van der Waals surface area contributed by atoms with Gasteiger partial charge in [-0.25, -0.2) is 4.99 Å². The molecule has 0 unspecified atom stereocenters. The molecule has 46 heavy (non-hydrogen) atoms. The standard InChI is InChI=1S/C32H38ClN11O2/c33-22-8-13-27-28(21-22)39-31(25-5-1-2-6-26(25)38-27)44-19-17-43(18-20-44)16-4-15-36-32(46)30(40-35)42-41-24-11-9-23(10-12-24)37-29(45)7-3-14-34/h1-2,5-6,8-13,21,38H,3-4,7,14-20,34-35H2,(H,36,46)(H,37,45). The number of nitrogens with one attached hydrogen (secondary N) is 3. The molecule has 0 saturated carbocycles. The van der Waals surface area contributed by atoms with Gasteiger partial charge in [0.2, 0.25) is 5.91 Å². The molecule has 2 aliphatic heterocycles. The number of rotatable bonds is 9. The number of azo groups is 1. The molecule has 240 valence electrons. The summed E-state index contributed by atoms with van der Waals surface area (Å²) in [5, 5.41) is 21.2. The number of fused-ring (bicyclic) bond motifs is 2. The number of anilines is 3. The normalized spacial score (nSPS) is 15.0. The molecule has 2 amide bonds. The fourth-order valence-electron chi connectivity index (χ4n) is 5.15. The third-order valence-electron chi connectivity index (χ3n) is 7.58. The van der Waals surface area contributed by atoms with Crippen molar-refractivity contribution in [1.82, 2.24) is 15.1 Å². The predicted octanol–water partition coefficient (Wildman–Crippen LogP) is 4.33. The van der Waals surface area contributed by atoms with Crippen LogP contribution in [0.2, 0.25) is 5.02 Å². The summed E-state index contributed by atoms with van der Waals surface area (Å²) in [6, 6.07) is 20.6. The van der Waals surface area contributed by atoms with Crippen molar-refractivity contribution in [3.63, 3.8) is 0 Å². The van der Waals surface area contributed by atoms with E-state index in [0.29, 0.717) is 42.3 Å². The number of hydrogen-bond donors (Lipinski definition) is 5.